The maximum atomic E-state index is 12.7. The van der Waals surface area contributed by atoms with Crippen LogP contribution in [0.5, 0.6) is 0 Å². The van der Waals surface area contributed by atoms with Crippen LogP contribution in [0, 0.1) is 19.8 Å². The maximum Gasteiger partial charge on any atom is 0.254 e. The largest absolute Gasteiger partial charge is 0.367 e. The van der Waals surface area contributed by atoms with E-state index in [1.165, 1.54) is 19.3 Å². The van der Waals surface area contributed by atoms with Gasteiger partial charge in [0.05, 0.1) is 0 Å². The molecule has 0 atom stereocenters. The van der Waals surface area contributed by atoms with Crippen molar-refractivity contribution in [2.24, 2.45) is 5.92 Å². The Kier molecular flexibility index (Phi) is 6.16. The number of nitrogens with zero attached hydrogens (tertiary/aromatic N) is 3. The molecule has 7 nitrogen and oxygen atoms in total. The average molecular weight is 410 g/mol. The smallest absolute Gasteiger partial charge is 0.254 e. The number of H-pyrrole nitrogens is 1. The maximum absolute atomic E-state index is 12.7. The van der Waals surface area contributed by atoms with Crippen LogP contribution in [-0.2, 0) is 4.79 Å². The molecule has 0 bridgehead atoms. The van der Waals surface area contributed by atoms with E-state index in [9.17, 15) is 9.59 Å². The van der Waals surface area contributed by atoms with Crippen LogP contribution in [0.25, 0.3) is 11.4 Å². The van der Waals surface area contributed by atoms with Crippen LogP contribution in [0.1, 0.15) is 56.2 Å². The fourth-order valence-electron chi connectivity index (χ4n) is 4.46. The molecule has 2 N–H and O–H groups in total. The van der Waals surface area contributed by atoms with E-state index < -0.39 is 0 Å². The lowest BCUT2D eigenvalue weighted by atomic mass is 9.87. The lowest BCUT2D eigenvalue weighted by molar-refractivity contribution is -0.137. The summed E-state index contributed by atoms with van der Waals surface area (Å²) in [4.78, 5) is 38.5. The molecule has 0 spiro atoms. The molecule has 2 aromatic heterocycles. The second-order valence-electron chi connectivity index (χ2n) is 8.64. The van der Waals surface area contributed by atoms with Gasteiger partial charge < -0.3 is 15.2 Å². The van der Waals surface area contributed by atoms with Gasteiger partial charge in [-0.05, 0) is 51.7 Å². The van der Waals surface area contributed by atoms with Gasteiger partial charge in [0, 0.05) is 48.1 Å². The molecule has 1 amide bonds. The lowest BCUT2D eigenvalue weighted by Gasteiger charge is -2.35. The summed E-state index contributed by atoms with van der Waals surface area (Å²) in [7, 11) is 0. The number of aromatic amines is 1. The van der Waals surface area contributed by atoms with E-state index in [-0.39, 0.29) is 11.5 Å². The molecule has 0 aromatic carbocycles. The fraction of sp³-hybridized carbons (Fsp3) is 0.565. The molecule has 0 radical (unpaired) electrons. The topological polar surface area (TPSA) is 91.0 Å². The molecule has 0 unspecified atom stereocenters. The van der Waals surface area contributed by atoms with Gasteiger partial charge in [-0.3, -0.25) is 9.59 Å². The molecule has 3 heterocycles. The van der Waals surface area contributed by atoms with Crippen LogP contribution in [0.15, 0.2) is 23.1 Å². The Balaban J connectivity index is 1.32. The van der Waals surface area contributed by atoms with Gasteiger partial charge in [0.2, 0.25) is 5.91 Å². The van der Waals surface area contributed by atoms with E-state index in [0.29, 0.717) is 23.3 Å². The Bertz CT molecular complexity index is 939. The third-order valence-corrected chi connectivity index (χ3v) is 6.54. The normalized spacial score (nSPS) is 18.4. The third kappa shape index (κ3) is 4.55. The van der Waals surface area contributed by atoms with Gasteiger partial charge in [-0.25, -0.2) is 9.97 Å². The molecule has 2 fully saturated rings. The Labute approximate surface area is 177 Å². The quantitative estimate of drug-likeness (QED) is 0.807. The number of anilines is 1. The van der Waals surface area contributed by atoms with Crippen LogP contribution in [0.4, 0.5) is 5.82 Å². The molecule has 2 aromatic rings. The predicted molar refractivity (Wildman–Crippen MR) is 117 cm³/mol. The van der Waals surface area contributed by atoms with Crippen LogP contribution in [-0.4, -0.2) is 44.9 Å². The van der Waals surface area contributed by atoms with Crippen molar-refractivity contribution in [2.45, 2.75) is 64.8 Å². The summed E-state index contributed by atoms with van der Waals surface area (Å²) in [5.74, 6) is 1.96. The molecule has 1 aliphatic heterocycles. The number of hydrogen-bond donors (Lipinski definition) is 2. The van der Waals surface area contributed by atoms with Crippen LogP contribution in [0.3, 0.4) is 0 Å². The average Bonchev–Trinajstić information content (AvgIpc) is 2.78. The number of pyridine rings is 1. The highest BCUT2D eigenvalue weighted by Gasteiger charge is 2.29. The Morgan fingerprint density at radius 3 is 2.47 bits per heavy atom. The number of piperidine rings is 1. The van der Waals surface area contributed by atoms with E-state index in [1.807, 2.05) is 19.1 Å². The highest BCUT2D eigenvalue weighted by atomic mass is 16.2. The summed E-state index contributed by atoms with van der Waals surface area (Å²) in [6.45, 7) is 5.24. The van der Waals surface area contributed by atoms with Crippen molar-refractivity contribution in [3.05, 3.63) is 39.9 Å². The van der Waals surface area contributed by atoms with E-state index in [4.69, 9.17) is 0 Å². The summed E-state index contributed by atoms with van der Waals surface area (Å²) in [5.41, 5.74) is 2.03. The van der Waals surface area contributed by atoms with Crippen molar-refractivity contribution in [1.82, 2.24) is 19.9 Å². The summed E-state index contributed by atoms with van der Waals surface area (Å²) in [6.07, 6.45) is 9.40. The minimum atomic E-state index is -0.116. The minimum Gasteiger partial charge on any atom is -0.367 e. The van der Waals surface area contributed by atoms with Gasteiger partial charge in [-0.2, -0.15) is 0 Å². The molecule has 160 valence electrons. The van der Waals surface area contributed by atoms with Gasteiger partial charge in [0.15, 0.2) is 0 Å². The lowest BCUT2D eigenvalue weighted by Crippen LogP contribution is -2.45. The van der Waals surface area contributed by atoms with E-state index >= 15 is 0 Å². The monoisotopic (exact) mass is 409 g/mol. The molecule has 2 aliphatic rings. The van der Waals surface area contributed by atoms with Gasteiger partial charge in [-0.15, -0.1) is 0 Å². The summed E-state index contributed by atoms with van der Waals surface area (Å²) < 4.78 is 0. The number of carbonyl (C=O) groups is 1. The zero-order valence-electron chi connectivity index (χ0n) is 17.9. The van der Waals surface area contributed by atoms with Crippen molar-refractivity contribution < 1.29 is 4.79 Å². The standard InChI is InChI=1S/C23H31N5O2/c1-15-16(2)25-21(27-22(15)29)18-8-9-20(24-14-18)26-19-10-12-28(13-11-19)23(30)17-6-4-3-5-7-17/h8-9,14,17,19H,3-7,10-13H2,1-2H3,(H,24,26)(H,25,27,29). The summed E-state index contributed by atoms with van der Waals surface area (Å²) >= 11 is 0. The number of aryl methyl sites for hydroxylation is 1. The molecular formula is C23H31N5O2. The number of carbonyl (C=O) groups excluding carboxylic acids is 1. The first-order valence-electron chi connectivity index (χ1n) is 11.1. The minimum absolute atomic E-state index is 0.116. The number of rotatable bonds is 4. The van der Waals surface area contributed by atoms with Crippen LogP contribution < -0.4 is 10.9 Å². The summed E-state index contributed by atoms with van der Waals surface area (Å²) in [6, 6.07) is 4.16. The summed E-state index contributed by atoms with van der Waals surface area (Å²) in [5, 5.41) is 3.49. The predicted octanol–water partition coefficient (Wildman–Crippen LogP) is 3.43. The van der Waals surface area contributed by atoms with E-state index in [0.717, 1.165) is 55.8 Å². The molecule has 1 saturated heterocycles. The zero-order chi connectivity index (χ0) is 21.1. The van der Waals surface area contributed by atoms with Crippen molar-refractivity contribution in [2.75, 3.05) is 18.4 Å². The fourth-order valence-corrected chi connectivity index (χ4v) is 4.46. The van der Waals surface area contributed by atoms with E-state index in [2.05, 4.69) is 25.2 Å². The van der Waals surface area contributed by atoms with E-state index in [1.54, 1.807) is 13.1 Å². The second-order valence-corrected chi connectivity index (χ2v) is 8.64. The van der Waals surface area contributed by atoms with Crippen LogP contribution >= 0.6 is 0 Å². The highest BCUT2D eigenvalue weighted by Crippen LogP contribution is 2.27. The van der Waals surface area contributed by atoms with Crippen molar-refractivity contribution >= 4 is 11.7 Å². The Morgan fingerprint density at radius 1 is 1.10 bits per heavy atom. The zero-order valence-corrected chi connectivity index (χ0v) is 17.9. The van der Waals surface area contributed by atoms with Gasteiger partial charge in [0.25, 0.3) is 5.56 Å². The first-order chi connectivity index (χ1) is 14.5. The SMILES string of the molecule is Cc1nc(-c2ccc(NC3CCN(C(=O)C4CCCCC4)CC3)nc2)[nH]c(=O)c1C. The highest BCUT2D eigenvalue weighted by molar-refractivity contribution is 5.79. The molecule has 1 aliphatic carbocycles. The Hall–Kier alpha value is -2.70. The Morgan fingerprint density at radius 2 is 1.83 bits per heavy atom. The van der Waals surface area contributed by atoms with Crippen molar-refractivity contribution in [3.63, 3.8) is 0 Å². The number of amides is 1. The van der Waals surface area contributed by atoms with Gasteiger partial charge in [0.1, 0.15) is 11.6 Å². The molecule has 4 rings (SSSR count). The molecule has 7 heteroatoms. The van der Waals surface area contributed by atoms with Gasteiger partial charge >= 0.3 is 0 Å². The van der Waals surface area contributed by atoms with Gasteiger partial charge in [-0.1, -0.05) is 19.3 Å². The third-order valence-electron chi connectivity index (χ3n) is 6.54. The van der Waals surface area contributed by atoms with Crippen molar-refractivity contribution in [3.8, 4) is 11.4 Å². The van der Waals surface area contributed by atoms with Crippen LogP contribution in [0.2, 0.25) is 0 Å². The number of likely N-dealkylation sites (tertiary alicyclic amines) is 1. The number of aromatic nitrogens is 3. The number of hydrogen-bond acceptors (Lipinski definition) is 5. The molecule has 30 heavy (non-hydrogen) atoms. The first kappa shape index (κ1) is 20.6. The molecule has 1 saturated carbocycles. The number of nitrogens with one attached hydrogen (secondary N) is 2. The first-order valence-corrected chi connectivity index (χ1v) is 11.1. The second kappa shape index (κ2) is 8.98. The molecular weight excluding hydrogens is 378 g/mol. The van der Waals surface area contributed by atoms with Crippen molar-refractivity contribution in [1.29, 1.82) is 0 Å².